The molecule has 2 N–H and O–H groups in total. The summed E-state index contributed by atoms with van der Waals surface area (Å²) in [5.41, 5.74) is 4.76. The average Bonchev–Trinajstić information content (AvgIpc) is 2.09. The van der Waals surface area contributed by atoms with Gasteiger partial charge in [-0.3, -0.25) is 0 Å². The molecule has 0 aromatic carbocycles. The largest absolute Gasteiger partial charge is 0.447 e. The Morgan fingerprint density at radius 3 is 2.54 bits per heavy atom. The molecule has 0 rings (SSSR count). The Hall–Kier alpha value is -0.770. The molecule has 0 saturated heterocycles. The van der Waals surface area contributed by atoms with Crippen LogP contribution in [0.3, 0.4) is 0 Å². The summed E-state index contributed by atoms with van der Waals surface area (Å²) in [6.45, 7) is 3.60. The number of ether oxygens (including phenoxy) is 2. The second-order valence-corrected chi connectivity index (χ2v) is 2.84. The van der Waals surface area contributed by atoms with Gasteiger partial charge in [-0.2, -0.15) is 0 Å². The fourth-order valence-corrected chi connectivity index (χ4v) is 0.934. The number of unbranched alkanes of at least 4 members (excludes halogenated alkanes) is 3. The first-order chi connectivity index (χ1) is 6.27. The zero-order valence-corrected chi connectivity index (χ0v) is 8.25. The van der Waals surface area contributed by atoms with E-state index in [1.165, 1.54) is 19.3 Å². The lowest BCUT2D eigenvalue weighted by molar-refractivity contribution is 0.0745. The van der Waals surface area contributed by atoms with Gasteiger partial charge >= 0.3 is 6.09 Å². The minimum Gasteiger partial charge on any atom is -0.447 e. The van der Waals surface area contributed by atoms with Crippen LogP contribution in [0.4, 0.5) is 4.79 Å². The molecule has 0 atom stereocenters. The second-order valence-electron chi connectivity index (χ2n) is 2.84. The summed E-state index contributed by atoms with van der Waals surface area (Å²) in [5.74, 6) is 0. The third kappa shape index (κ3) is 11.2. The molecule has 0 bridgehead atoms. The lowest BCUT2D eigenvalue weighted by atomic mass is 10.2. The zero-order valence-electron chi connectivity index (χ0n) is 8.25. The van der Waals surface area contributed by atoms with Crippen LogP contribution in [-0.2, 0) is 9.47 Å². The van der Waals surface area contributed by atoms with Crippen molar-refractivity contribution in [2.45, 2.75) is 32.6 Å². The molecule has 78 valence electrons. The second kappa shape index (κ2) is 9.32. The van der Waals surface area contributed by atoms with Crippen molar-refractivity contribution in [1.82, 2.24) is 0 Å². The third-order valence-electron chi connectivity index (χ3n) is 1.61. The van der Waals surface area contributed by atoms with Crippen LogP contribution in [0.25, 0.3) is 0 Å². The summed E-state index contributed by atoms with van der Waals surface area (Å²) in [7, 11) is 0. The van der Waals surface area contributed by atoms with Gasteiger partial charge < -0.3 is 15.2 Å². The van der Waals surface area contributed by atoms with Crippen LogP contribution >= 0.6 is 0 Å². The van der Waals surface area contributed by atoms with E-state index in [-0.39, 0.29) is 6.61 Å². The smallest absolute Gasteiger partial charge is 0.404 e. The highest BCUT2D eigenvalue weighted by molar-refractivity contribution is 5.64. The fourth-order valence-electron chi connectivity index (χ4n) is 0.934. The van der Waals surface area contributed by atoms with Crippen molar-refractivity contribution in [2.24, 2.45) is 5.73 Å². The monoisotopic (exact) mass is 189 g/mol. The van der Waals surface area contributed by atoms with Gasteiger partial charge in [-0.05, 0) is 6.42 Å². The van der Waals surface area contributed by atoms with Crippen molar-refractivity contribution in [3.63, 3.8) is 0 Å². The van der Waals surface area contributed by atoms with Gasteiger partial charge in [-0.1, -0.05) is 26.2 Å². The summed E-state index contributed by atoms with van der Waals surface area (Å²) in [4.78, 5) is 10.1. The molecule has 0 saturated carbocycles. The standard InChI is InChI=1S/C9H19NO3/c1-2-3-4-5-6-12-7-8-13-9(10)11/h2-8H2,1H3,(H2,10,11). The SMILES string of the molecule is CCCCCCOCCOC(N)=O. The number of hydrogen-bond donors (Lipinski definition) is 1. The van der Waals surface area contributed by atoms with Gasteiger partial charge in [0.05, 0.1) is 6.61 Å². The van der Waals surface area contributed by atoms with Gasteiger partial charge in [0.1, 0.15) is 6.61 Å². The molecule has 4 heteroatoms. The maximum Gasteiger partial charge on any atom is 0.404 e. The minimum atomic E-state index is -0.741. The van der Waals surface area contributed by atoms with E-state index < -0.39 is 6.09 Å². The van der Waals surface area contributed by atoms with Gasteiger partial charge in [-0.15, -0.1) is 0 Å². The Morgan fingerprint density at radius 1 is 1.15 bits per heavy atom. The van der Waals surface area contributed by atoms with Crippen LogP contribution in [0, 0.1) is 0 Å². The predicted octanol–water partition coefficient (Wildman–Crippen LogP) is 1.68. The molecule has 0 fully saturated rings. The quantitative estimate of drug-likeness (QED) is 0.591. The highest BCUT2D eigenvalue weighted by atomic mass is 16.6. The van der Waals surface area contributed by atoms with Crippen molar-refractivity contribution >= 4 is 6.09 Å². The van der Waals surface area contributed by atoms with Crippen LogP contribution in [0.5, 0.6) is 0 Å². The van der Waals surface area contributed by atoms with Gasteiger partial charge in [0.25, 0.3) is 0 Å². The Bertz CT molecular complexity index is 128. The molecule has 0 aliphatic carbocycles. The molecule has 1 amide bonds. The van der Waals surface area contributed by atoms with E-state index in [1.54, 1.807) is 0 Å². The fraction of sp³-hybridized carbons (Fsp3) is 0.889. The van der Waals surface area contributed by atoms with E-state index in [4.69, 9.17) is 10.5 Å². The molecule has 0 aliphatic heterocycles. The maximum absolute atomic E-state index is 10.1. The Kier molecular flexibility index (Phi) is 8.77. The third-order valence-corrected chi connectivity index (χ3v) is 1.61. The van der Waals surface area contributed by atoms with Crippen molar-refractivity contribution in [1.29, 1.82) is 0 Å². The van der Waals surface area contributed by atoms with E-state index >= 15 is 0 Å². The van der Waals surface area contributed by atoms with Crippen molar-refractivity contribution in [3.8, 4) is 0 Å². The van der Waals surface area contributed by atoms with E-state index in [9.17, 15) is 4.79 Å². The molecule has 13 heavy (non-hydrogen) atoms. The highest BCUT2D eigenvalue weighted by Gasteiger charge is 1.93. The molecule has 0 aromatic heterocycles. The first-order valence-corrected chi connectivity index (χ1v) is 4.77. The van der Waals surface area contributed by atoms with Crippen LogP contribution in [0.1, 0.15) is 32.6 Å². The van der Waals surface area contributed by atoms with Gasteiger partial charge in [0.2, 0.25) is 0 Å². The maximum atomic E-state index is 10.1. The van der Waals surface area contributed by atoms with E-state index in [2.05, 4.69) is 11.7 Å². The van der Waals surface area contributed by atoms with Gasteiger partial charge in [0.15, 0.2) is 0 Å². The van der Waals surface area contributed by atoms with Gasteiger partial charge in [-0.25, -0.2) is 4.79 Å². The number of rotatable bonds is 8. The number of hydrogen-bond acceptors (Lipinski definition) is 3. The Morgan fingerprint density at radius 2 is 1.92 bits per heavy atom. The van der Waals surface area contributed by atoms with E-state index in [0.717, 1.165) is 13.0 Å². The molecule has 0 spiro atoms. The Labute approximate surface area is 79.4 Å². The first kappa shape index (κ1) is 12.2. The molecule has 0 unspecified atom stereocenters. The molecular weight excluding hydrogens is 170 g/mol. The predicted molar refractivity (Wildman–Crippen MR) is 50.5 cm³/mol. The van der Waals surface area contributed by atoms with Gasteiger partial charge in [0, 0.05) is 6.61 Å². The normalized spacial score (nSPS) is 9.92. The molecule has 0 aliphatic rings. The number of primary amides is 1. The van der Waals surface area contributed by atoms with E-state index in [1.807, 2.05) is 0 Å². The average molecular weight is 189 g/mol. The summed E-state index contributed by atoms with van der Waals surface area (Å²) in [6.07, 6.45) is 4.01. The van der Waals surface area contributed by atoms with Crippen molar-refractivity contribution in [3.05, 3.63) is 0 Å². The highest BCUT2D eigenvalue weighted by Crippen LogP contribution is 1.98. The molecule has 0 heterocycles. The summed E-state index contributed by atoms with van der Waals surface area (Å²) >= 11 is 0. The zero-order chi connectivity index (χ0) is 9.94. The molecule has 0 radical (unpaired) electrons. The number of carbonyl (C=O) groups excluding carboxylic acids is 1. The van der Waals surface area contributed by atoms with Crippen molar-refractivity contribution < 1.29 is 14.3 Å². The first-order valence-electron chi connectivity index (χ1n) is 4.77. The van der Waals surface area contributed by atoms with Crippen LogP contribution in [-0.4, -0.2) is 25.9 Å². The number of carbonyl (C=O) groups is 1. The molecule has 0 aromatic rings. The number of amides is 1. The van der Waals surface area contributed by atoms with Crippen LogP contribution < -0.4 is 5.73 Å². The lowest BCUT2D eigenvalue weighted by Crippen LogP contribution is -2.16. The summed E-state index contributed by atoms with van der Waals surface area (Å²) < 4.78 is 9.68. The van der Waals surface area contributed by atoms with Crippen LogP contribution in [0.2, 0.25) is 0 Å². The lowest BCUT2D eigenvalue weighted by Gasteiger charge is -2.03. The topological polar surface area (TPSA) is 61.6 Å². The van der Waals surface area contributed by atoms with Crippen molar-refractivity contribution in [2.75, 3.05) is 19.8 Å². The molecule has 4 nitrogen and oxygen atoms in total. The Balaban J connectivity index is 2.87. The number of nitrogens with two attached hydrogens (primary N) is 1. The minimum absolute atomic E-state index is 0.253. The van der Waals surface area contributed by atoms with Crippen LogP contribution in [0.15, 0.2) is 0 Å². The summed E-state index contributed by atoms with van der Waals surface area (Å²) in [6, 6.07) is 0. The van der Waals surface area contributed by atoms with E-state index in [0.29, 0.717) is 6.61 Å². The molecular formula is C9H19NO3. The summed E-state index contributed by atoms with van der Waals surface area (Å²) in [5, 5.41) is 0.